The first-order chi connectivity index (χ1) is 11.0. The summed E-state index contributed by atoms with van der Waals surface area (Å²) in [5.41, 5.74) is 1.12. The van der Waals surface area contributed by atoms with Crippen molar-refractivity contribution in [3.05, 3.63) is 0 Å². The Morgan fingerprint density at radius 1 is 0.783 bits per heavy atom. The molecule has 0 bridgehead atoms. The van der Waals surface area contributed by atoms with Crippen LogP contribution in [-0.4, -0.2) is 10.9 Å². The first kappa shape index (κ1) is 22.5. The van der Waals surface area contributed by atoms with E-state index in [0.717, 1.165) is 5.71 Å². The summed E-state index contributed by atoms with van der Waals surface area (Å²) in [6, 6.07) is 0. The lowest BCUT2D eigenvalue weighted by Crippen LogP contribution is -2.27. The third kappa shape index (κ3) is 9.37. The molecule has 0 spiro atoms. The summed E-state index contributed by atoms with van der Waals surface area (Å²) in [7, 11) is 0. The molecule has 0 aliphatic heterocycles. The highest BCUT2D eigenvalue weighted by molar-refractivity contribution is 5.88. The maximum absolute atomic E-state index is 9.82. The van der Waals surface area contributed by atoms with Gasteiger partial charge in [-0.3, -0.25) is 0 Å². The lowest BCUT2D eigenvalue weighted by Gasteiger charge is -2.28. The molecule has 138 valence electrons. The van der Waals surface area contributed by atoms with Crippen molar-refractivity contribution in [3.63, 3.8) is 0 Å². The molecule has 4 unspecified atom stereocenters. The van der Waals surface area contributed by atoms with Crippen LogP contribution in [0.25, 0.3) is 0 Å². The van der Waals surface area contributed by atoms with Crippen LogP contribution in [0.15, 0.2) is 5.16 Å². The minimum absolute atomic E-state index is 0.473. The van der Waals surface area contributed by atoms with Gasteiger partial charge in [-0.1, -0.05) is 85.2 Å². The molecule has 0 fully saturated rings. The standard InChI is InChI=1S/C21H43NO/c1-7-11-13-19(15-17(5)9-3)21(22-23)20(14-12-8-2)16-18(6)10-4/h17-20,23H,7-16H2,1-6H3. The quantitative estimate of drug-likeness (QED) is 0.203. The fourth-order valence-electron chi connectivity index (χ4n) is 3.48. The third-order valence-electron chi connectivity index (χ3n) is 5.53. The van der Waals surface area contributed by atoms with E-state index in [1.54, 1.807) is 0 Å². The van der Waals surface area contributed by atoms with Crippen LogP contribution < -0.4 is 0 Å². The van der Waals surface area contributed by atoms with Crippen molar-refractivity contribution in [1.29, 1.82) is 0 Å². The van der Waals surface area contributed by atoms with E-state index in [0.29, 0.717) is 23.7 Å². The van der Waals surface area contributed by atoms with Crippen molar-refractivity contribution in [1.82, 2.24) is 0 Å². The van der Waals surface area contributed by atoms with Gasteiger partial charge in [-0.2, -0.15) is 0 Å². The molecule has 0 aliphatic carbocycles. The Morgan fingerprint density at radius 2 is 1.17 bits per heavy atom. The molecular weight excluding hydrogens is 282 g/mol. The van der Waals surface area contributed by atoms with Gasteiger partial charge in [-0.05, 0) is 37.5 Å². The van der Waals surface area contributed by atoms with Gasteiger partial charge >= 0.3 is 0 Å². The molecule has 0 rings (SSSR count). The van der Waals surface area contributed by atoms with Gasteiger partial charge in [0.2, 0.25) is 0 Å². The average Bonchev–Trinajstić information content (AvgIpc) is 2.56. The summed E-state index contributed by atoms with van der Waals surface area (Å²) in [6.45, 7) is 13.7. The van der Waals surface area contributed by atoms with Crippen molar-refractivity contribution in [3.8, 4) is 0 Å². The number of hydrogen-bond donors (Lipinski definition) is 1. The lowest BCUT2D eigenvalue weighted by molar-refractivity contribution is 0.295. The number of rotatable bonds is 14. The predicted molar refractivity (Wildman–Crippen MR) is 103 cm³/mol. The maximum atomic E-state index is 9.82. The van der Waals surface area contributed by atoms with Crippen LogP contribution in [0.1, 0.15) is 106 Å². The molecule has 0 radical (unpaired) electrons. The van der Waals surface area contributed by atoms with Crippen LogP contribution in [0.3, 0.4) is 0 Å². The van der Waals surface area contributed by atoms with E-state index in [4.69, 9.17) is 0 Å². The SMILES string of the molecule is CCCCC(CC(C)CC)C(=NO)C(CCCC)CC(C)CC. The zero-order chi connectivity index (χ0) is 17.7. The Balaban J connectivity index is 5.15. The van der Waals surface area contributed by atoms with Crippen LogP contribution in [0.5, 0.6) is 0 Å². The topological polar surface area (TPSA) is 32.6 Å². The summed E-state index contributed by atoms with van der Waals surface area (Å²) in [5, 5.41) is 13.7. The summed E-state index contributed by atoms with van der Waals surface area (Å²) in [6.07, 6.45) is 12.1. The smallest absolute Gasteiger partial charge is 0.0632 e. The Hall–Kier alpha value is -0.530. The Labute approximate surface area is 146 Å². The second-order valence-corrected chi connectivity index (χ2v) is 7.70. The van der Waals surface area contributed by atoms with Crippen LogP contribution >= 0.6 is 0 Å². The highest BCUT2D eigenvalue weighted by atomic mass is 16.4. The summed E-state index contributed by atoms with van der Waals surface area (Å²) in [4.78, 5) is 0. The number of nitrogens with zero attached hydrogens (tertiary/aromatic N) is 1. The number of unbranched alkanes of at least 4 members (excludes halogenated alkanes) is 2. The maximum Gasteiger partial charge on any atom is 0.0632 e. The van der Waals surface area contributed by atoms with Crippen LogP contribution in [-0.2, 0) is 0 Å². The first-order valence-corrected chi connectivity index (χ1v) is 10.3. The van der Waals surface area contributed by atoms with Gasteiger partial charge in [0.1, 0.15) is 0 Å². The summed E-state index contributed by atoms with van der Waals surface area (Å²) >= 11 is 0. The molecule has 4 atom stereocenters. The van der Waals surface area contributed by atoms with E-state index in [1.807, 2.05) is 0 Å². The van der Waals surface area contributed by atoms with Crippen molar-refractivity contribution >= 4 is 5.71 Å². The highest BCUT2D eigenvalue weighted by Gasteiger charge is 2.27. The molecule has 0 aromatic heterocycles. The van der Waals surface area contributed by atoms with Crippen molar-refractivity contribution < 1.29 is 5.21 Å². The zero-order valence-electron chi connectivity index (χ0n) is 16.8. The van der Waals surface area contributed by atoms with E-state index < -0.39 is 0 Å². The van der Waals surface area contributed by atoms with Crippen LogP contribution in [0.4, 0.5) is 0 Å². The second-order valence-electron chi connectivity index (χ2n) is 7.70. The molecule has 0 aliphatic rings. The molecule has 23 heavy (non-hydrogen) atoms. The fraction of sp³-hybridized carbons (Fsp3) is 0.952. The molecule has 0 amide bonds. The number of oxime groups is 1. The zero-order valence-corrected chi connectivity index (χ0v) is 16.8. The van der Waals surface area contributed by atoms with Gasteiger partial charge in [0.15, 0.2) is 0 Å². The number of hydrogen-bond acceptors (Lipinski definition) is 2. The summed E-state index contributed by atoms with van der Waals surface area (Å²) < 4.78 is 0. The average molecular weight is 326 g/mol. The normalized spacial score (nSPS) is 16.6. The molecule has 0 heterocycles. The van der Waals surface area contributed by atoms with Gasteiger partial charge in [-0.15, -0.1) is 0 Å². The second kappa shape index (κ2) is 13.9. The van der Waals surface area contributed by atoms with E-state index in [1.165, 1.54) is 64.2 Å². The van der Waals surface area contributed by atoms with Gasteiger partial charge in [0.05, 0.1) is 5.71 Å². The largest absolute Gasteiger partial charge is 0.411 e. The molecular formula is C21H43NO. The van der Waals surface area contributed by atoms with Gasteiger partial charge in [0, 0.05) is 11.8 Å². The lowest BCUT2D eigenvalue weighted by atomic mass is 9.77. The van der Waals surface area contributed by atoms with Gasteiger partial charge < -0.3 is 5.21 Å². The third-order valence-corrected chi connectivity index (χ3v) is 5.53. The van der Waals surface area contributed by atoms with Crippen LogP contribution in [0, 0.1) is 23.7 Å². The van der Waals surface area contributed by atoms with E-state index >= 15 is 0 Å². The summed E-state index contributed by atoms with van der Waals surface area (Å²) in [5.74, 6) is 2.37. The minimum Gasteiger partial charge on any atom is -0.411 e. The van der Waals surface area contributed by atoms with E-state index in [2.05, 4.69) is 46.7 Å². The molecule has 0 saturated heterocycles. The first-order valence-electron chi connectivity index (χ1n) is 10.3. The van der Waals surface area contributed by atoms with Crippen molar-refractivity contribution in [2.24, 2.45) is 28.8 Å². The van der Waals surface area contributed by atoms with E-state index in [-0.39, 0.29) is 0 Å². The molecule has 2 heteroatoms. The van der Waals surface area contributed by atoms with Gasteiger partial charge in [0.25, 0.3) is 0 Å². The molecule has 0 saturated carbocycles. The highest BCUT2D eigenvalue weighted by Crippen LogP contribution is 2.31. The Morgan fingerprint density at radius 3 is 1.43 bits per heavy atom. The Kier molecular flexibility index (Phi) is 13.5. The predicted octanol–water partition coefficient (Wildman–Crippen LogP) is 7.30. The van der Waals surface area contributed by atoms with Crippen LogP contribution in [0.2, 0.25) is 0 Å². The molecule has 2 nitrogen and oxygen atoms in total. The van der Waals surface area contributed by atoms with Gasteiger partial charge in [-0.25, -0.2) is 0 Å². The monoisotopic (exact) mass is 325 g/mol. The van der Waals surface area contributed by atoms with Crippen molar-refractivity contribution in [2.75, 3.05) is 0 Å². The molecule has 0 aromatic carbocycles. The Bertz CT molecular complexity index is 274. The van der Waals surface area contributed by atoms with Crippen molar-refractivity contribution in [2.45, 2.75) is 106 Å². The molecule has 1 N–H and O–H groups in total. The molecule has 0 aromatic rings. The fourth-order valence-corrected chi connectivity index (χ4v) is 3.48. The van der Waals surface area contributed by atoms with E-state index in [9.17, 15) is 5.21 Å². The minimum atomic E-state index is 0.473.